The van der Waals surface area contributed by atoms with Crippen LogP contribution in [0.15, 0.2) is 66.7 Å². The number of hydrogen-bond donors (Lipinski definition) is 3. The lowest BCUT2D eigenvalue weighted by molar-refractivity contribution is 0.102. The van der Waals surface area contributed by atoms with Gasteiger partial charge in [0, 0.05) is 43.1 Å². The van der Waals surface area contributed by atoms with Gasteiger partial charge in [-0.3, -0.25) is 9.69 Å². The van der Waals surface area contributed by atoms with Gasteiger partial charge in [0.25, 0.3) is 5.91 Å². The van der Waals surface area contributed by atoms with Gasteiger partial charge >= 0.3 is 6.03 Å². The van der Waals surface area contributed by atoms with Crippen LogP contribution in [0.1, 0.15) is 28.4 Å². The molecule has 0 saturated carbocycles. The van der Waals surface area contributed by atoms with Crippen molar-refractivity contribution in [2.24, 2.45) is 0 Å². The van der Waals surface area contributed by atoms with Crippen molar-refractivity contribution in [3.05, 3.63) is 83.4 Å². The molecule has 0 atom stereocenters. The average Bonchev–Trinajstić information content (AvgIpc) is 2.88. The minimum absolute atomic E-state index is 0.205. The molecule has 8 nitrogen and oxygen atoms in total. The van der Waals surface area contributed by atoms with E-state index in [0.717, 1.165) is 22.3 Å². The highest BCUT2D eigenvalue weighted by Gasteiger charge is 2.21. The number of anilines is 2. The number of benzene rings is 3. The van der Waals surface area contributed by atoms with E-state index >= 15 is 0 Å². The predicted molar refractivity (Wildman–Crippen MR) is 148 cm³/mol. The van der Waals surface area contributed by atoms with E-state index in [0.29, 0.717) is 43.1 Å². The van der Waals surface area contributed by atoms with Crippen molar-refractivity contribution >= 4 is 33.2 Å². The Kier molecular flexibility index (Phi) is 8.25. The van der Waals surface area contributed by atoms with E-state index in [9.17, 15) is 18.0 Å². The Hall–Kier alpha value is -3.69. The van der Waals surface area contributed by atoms with Crippen LogP contribution in [0.5, 0.6) is 0 Å². The molecular weight excluding hydrogens is 488 g/mol. The first-order valence-corrected chi connectivity index (χ1v) is 14.1. The summed E-state index contributed by atoms with van der Waals surface area (Å²) in [5.41, 5.74) is 5.98. The van der Waals surface area contributed by atoms with Crippen LogP contribution >= 0.6 is 0 Å². The van der Waals surface area contributed by atoms with Crippen molar-refractivity contribution in [3.63, 3.8) is 0 Å². The van der Waals surface area contributed by atoms with Crippen molar-refractivity contribution in [2.45, 2.75) is 20.4 Å². The lowest BCUT2D eigenvalue weighted by Crippen LogP contribution is -2.39. The normalized spacial score (nSPS) is 15.1. The molecule has 1 aliphatic rings. The molecular formula is C28H32N4O4S. The van der Waals surface area contributed by atoms with Crippen LogP contribution in [-0.2, 0) is 16.4 Å². The lowest BCUT2D eigenvalue weighted by Gasteiger charge is -2.26. The predicted octanol–water partition coefficient (Wildman–Crippen LogP) is 4.29. The number of carbonyl (C=O) groups excluding carboxylic acids is 2. The fourth-order valence-corrected chi connectivity index (χ4v) is 5.49. The Morgan fingerprint density at radius 1 is 0.865 bits per heavy atom. The van der Waals surface area contributed by atoms with E-state index in [1.54, 1.807) is 12.1 Å². The van der Waals surface area contributed by atoms with Crippen LogP contribution in [0.25, 0.3) is 11.1 Å². The summed E-state index contributed by atoms with van der Waals surface area (Å²) in [5.74, 6) is 0.208. The molecule has 0 aromatic heterocycles. The molecule has 1 saturated heterocycles. The highest BCUT2D eigenvalue weighted by Crippen LogP contribution is 2.27. The third-order valence-corrected chi connectivity index (χ3v) is 7.96. The van der Waals surface area contributed by atoms with Gasteiger partial charge in [-0.15, -0.1) is 0 Å². The summed E-state index contributed by atoms with van der Waals surface area (Å²) in [6.07, 6.45) is 0. The fraction of sp³-hybridized carbons (Fsp3) is 0.286. The van der Waals surface area contributed by atoms with Gasteiger partial charge in [-0.1, -0.05) is 30.3 Å². The Bertz CT molecular complexity index is 1360. The highest BCUT2D eigenvalue weighted by atomic mass is 32.2. The summed E-state index contributed by atoms with van der Waals surface area (Å²) >= 11 is 0. The molecule has 1 heterocycles. The van der Waals surface area contributed by atoms with Crippen LogP contribution in [0.4, 0.5) is 16.2 Å². The molecule has 0 unspecified atom stereocenters. The molecule has 0 radical (unpaired) electrons. The first-order valence-electron chi connectivity index (χ1n) is 12.3. The van der Waals surface area contributed by atoms with Crippen molar-refractivity contribution < 1.29 is 18.0 Å². The summed E-state index contributed by atoms with van der Waals surface area (Å²) < 4.78 is 23.2. The van der Waals surface area contributed by atoms with Crippen LogP contribution < -0.4 is 16.0 Å². The molecule has 3 amide bonds. The molecule has 9 heteroatoms. The molecule has 1 fully saturated rings. The molecule has 0 spiro atoms. The van der Waals surface area contributed by atoms with Gasteiger partial charge in [-0.2, -0.15) is 0 Å². The zero-order chi connectivity index (χ0) is 26.4. The third kappa shape index (κ3) is 7.18. The van der Waals surface area contributed by atoms with Gasteiger partial charge in [0.1, 0.15) is 0 Å². The maximum atomic E-state index is 12.8. The van der Waals surface area contributed by atoms with Gasteiger partial charge in [0.15, 0.2) is 9.84 Å². The second-order valence-electron chi connectivity index (χ2n) is 9.17. The molecule has 194 valence electrons. The van der Waals surface area contributed by atoms with Gasteiger partial charge in [0.2, 0.25) is 0 Å². The van der Waals surface area contributed by atoms with Crippen LogP contribution in [0.2, 0.25) is 0 Å². The highest BCUT2D eigenvalue weighted by molar-refractivity contribution is 7.91. The fourth-order valence-electron chi connectivity index (χ4n) is 4.21. The molecule has 1 aliphatic heterocycles. The van der Waals surface area contributed by atoms with Gasteiger partial charge in [-0.05, 0) is 72.5 Å². The number of urea groups is 1. The van der Waals surface area contributed by atoms with Crippen LogP contribution in [0.3, 0.4) is 0 Å². The Labute approximate surface area is 218 Å². The summed E-state index contributed by atoms with van der Waals surface area (Å²) in [7, 11) is -2.89. The van der Waals surface area contributed by atoms with E-state index in [1.807, 2.05) is 68.4 Å². The topological polar surface area (TPSA) is 108 Å². The number of nitrogens with zero attached hydrogens (tertiary/aromatic N) is 1. The van der Waals surface area contributed by atoms with E-state index in [2.05, 4.69) is 20.9 Å². The van der Waals surface area contributed by atoms with Crippen molar-refractivity contribution in [1.29, 1.82) is 0 Å². The van der Waals surface area contributed by atoms with E-state index in [4.69, 9.17) is 0 Å². The van der Waals surface area contributed by atoms with Crippen molar-refractivity contribution in [1.82, 2.24) is 10.2 Å². The second kappa shape index (κ2) is 11.6. The number of rotatable bonds is 7. The minimum atomic E-state index is -2.89. The van der Waals surface area contributed by atoms with Crippen LogP contribution in [-0.4, -0.2) is 56.4 Å². The molecule has 0 aliphatic carbocycles. The number of nitrogens with one attached hydrogen (secondary N) is 3. The first kappa shape index (κ1) is 26.4. The standard InChI is InChI=1S/C28H32N4O4S/c1-3-29-28(34)31-25-11-4-20(2)26(18-25)22-7-9-23(10-8-22)27(33)30-24-12-5-21(6-13-24)19-32-14-16-37(35,36)17-15-32/h4-13,18H,3,14-17,19H2,1-2H3,(H,30,33)(H2,29,31,34). The quantitative estimate of drug-likeness (QED) is 0.431. The monoisotopic (exact) mass is 520 g/mol. The van der Waals surface area contributed by atoms with Crippen molar-refractivity contribution in [2.75, 3.05) is 41.8 Å². The van der Waals surface area contributed by atoms with E-state index in [1.165, 1.54) is 0 Å². The van der Waals surface area contributed by atoms with Gasteiger partial charge in [0.05, 0.1) is 11.5 Å². The number of hydrogen-bond acceptors (Lipinski definition) is 5. The zero-order valence-corrected chi connectivity index (χ0v) is 21.9. The smallest absolute Gasteiger partial charge is 0.319 e. The Balaban J connectivity index is 1.37. The number of carbonyl (C=O) groups is 2. The average molecular weight is 521 g/mol. The molecule has 3 aromatic rings. The first-order chi connectivity index (χ1) is 17.7. The molecule has 0 bridgehead atoms. The van der Waals surface area contributed by atoms with Gasteiger partial charge in [-0.25, -0.2) is 13.2 Å². The SMILES string of the molecule is CCNC(=O)Nc1ccc(C)c(-c2ccc(C(=O)Nc3ccc(CN4CCS(=O)(=O)CC4)cc3)cc2)c1. The summed E-state index contributed by atoms with van der Waals surface area (Å²) in [4.78, 5) is 26.8. The Morgan fingerprint density at radius 3 is 2.16 bits per heavy atom. The summed E-state index contributed by atoms with van der Waals surface area (Å²) in [5, 5.41) is 8.47. The minimum Gasteiger partial charge on any atom is -0.338 e. The summed E-state index contributed by atoms with van der Waals surface area (Å²) in [6.45, 7) is 6.19. The molecule has 3 aromatic carbocycles. The maximum absolute atomic E-state index is 12.8. The third-order valence-electron chi connectivity index (χ3n) is 6.35. The number of aryl methyl sites for hydroxylation is 1. The van der Waals surface area contributed by atoms with Crippen LogP contribution in [0, 0.1) is 6.92 Å². The zero-order valence-electron chi connectivity index (χ0n) is 21.1. The second-order valence-corrected chi connectivity index (χ2v) is 11.5. The van der Waals surface area contributed by atoms with Crippen molar-refractivity contribution in [3.8, 4) is 11.1 Å². The maximum Gasteiger partial charge on any atom is 0.319 e. The van der Waals surface area contributed by atoms with E-state index in [-0.39, 0.29) is 23.4 Å². The largest absolute Gasteiger partial charge is 0.338 e. The molecule has 37 heavy (non-hydrogen) atoms. The van der Waals surface area contributed by atoms with Gasteiger partial charge < -0.3 is 16.0 Å². The molecule has 4 rings (SSSR count). The lowest BCUT2D eigenvalue weighted by atomic mass is 9.98. The Morgan fingerprint density at radius 2 is 1.51 bits per heavy atom. The summed E-state index contributed by atoms with van der Waals surface area (Å²) in [6, 6.07) is 20.5. The number of amides is 3. The molecule has 3 N–H and O–H groups in total. The number of sulfone groups is 1. The van der Waals surface area contributed by atoms with E-state index < -0.39 is 9.84 Å².